The summed E-state index contributed by atoms with van der Waals surface area (Å²) in [6.45, 7) is 12.3. The van der Waals surface area contributed by atoms with Crippen LogP contribution >= 0.6 is 0 Å². The highest BCUT2D eigenvalue weighted by atomic mass is 16.6. The topological polar surface area (TPSA) is 184 Å². The van der Waals surface area contributed by atoms with Crippen molar-refractivity contribution in [2.45, 2.75) is 166 Å². The van der Waals surface area contributed by atoms with Gasteiger partial charge in [0.05, 0.1) is 36.4 Å². The number of epoxide rings is 1. The van der Waals surface area contributed by atoms with E-state index in [9.17, 15) is 24.9 Å². The molecule has 1 saturated carbocycles. The molecule has 0 amide bonds. The van der Waals surface area contributed by atoms with Gasteiger partial charge in [0, 0.05) is 31.9 Å². The largest absolute Gasteiger partial charge is 0.483 e. The van der Waals surface area contributed by atoms with Gasteiger partial charge in [-0.3, -0.25) is 14.4 Å². The van der Waals surface area contributed by atoms with E-state index < -0.39 is 41.5 Å². The summed E-state index contributed by atoms with van der Waals surface area (Å²) in [4.78, 5) is 33.0. The lowest BCUT2D eigenvalue weighted by Crippen LogP contribution is -2.55. The Labute approximate surface area is 298 Å². The van der Waals surface area contributed by atoms with Crippen LogP contribution < -0.4 is 5.32 Å². The van der Waals surface area contributed by atoms with Crippen LogP contribution in [-0.2, 0) is 33.3 Å². The summed E-state index contributed by atoms with van der Waals surface area (Å²) in [6.07, 6.45) is 12.6. The molecule has 0 spiro atoms. The second-order valence-electron chi connectivity index (χ2n) is 14.6. The Morgan fingerprint density at radius 1 is 1.18 bits per heavy atom. The Morgan fingerprint density at radius 3 is 2.40 bits per heavy atom. The van der Waals surface area contributed by atoms with E-state index in [-0.39, 0.29) is 61.9 Å². The van der Waals surface area contributed by atoms with Crippen molar-refractivity contribution in [2.75, 3.05) is 7.11 Å². The zero-order chi connectivity index (χ0) is 37.6. The number of allylic oxidation sites excluding steroid dienone is 2. The van der Waals surface area contributed by atoms with E-state index in [1.165, 1.54) is 26.2 Å². The Balaban J connectivity index is 0.00000278. The maximum Gasteiger partial charge on any atom is 0.309 e. The quantitative estimate of drug-likeness (QED) is 0.0634. The molecule has 2 heterocycles. The predicted octanol–water partition coefficient (Wildman–Crippen LogP) is 4.39. The number of nitrogens with one attached hydrogen (secondary N) is 1. The van der Waals surface area contributed by atoms with E-state index in [1.54, 1.807) is 45.3 Å². The number of ether oxygens (including phenoxy) is 4. The number of esters is 2. The van der Waals surface area contributed by atoms with Crippen molar-refractivity contribution in [3.63, 3.8) is 0 Å². The third kappa shape index (κ3) is 13.5. The van der Waals surface area contributed by atoms with Crippen LogP contribution in [-0.4, -0.2) is 106 Å². The zero-order valence-corrected chi connectivity index (χ0v) is 31.2. The van der Waals surface area contributed by atoms with Crippen LogP contribution in [0.15, 0.2) is 36.0 Å². The molecule has 0 aromatic rings. The zero-order valence-electron chi connectivity index (χ0n) is 31.2. The first-order valence-corrected chi connectivity index (χ1v) is 18.1. The molecular weight excluding hydrogens is 646 g/mol. The predicted molar refractivity (Wildman–Crippen MR) is 189 cm³/mol. The molecule has 1 saturated heterocycles. The standard InChI is InChI=1S/C37H61NO9.CH2O2/c1-9-29(44-8)25(4)33-34(47-33)35(38-27-15-11-10-12-16-27)37(7,43)20-13-14-23(2)32-24(3)17-18-30(45-26(5)39)36(6,42)21-19-28(40)22-31(41)46-32;2-1-3/h13-14,17-18,20,24-25,27-30,32-35,38,40,42-43H,9-12,15-16,19,21-22H2,1-8H3;1H,(H,2,3)/b18-17+,20-13+,23-14+;/t24-,25+,28+,29-,30-,32?,33+,34-,35?,36+,37?;/m0./s1. The first kappa shape index (κ1) is 43.6. The minimum Gasteiger partial charge on any atom is -0.483 e. The van der Waals surface area contributed by atoms with Crippen LogP contribution in [0.3, 0.4) is 0 Å². The Morgan fingerprint density at radius 2 is 1.82 bits per heavy atom. The number of methoxy groups -OCH3 is 1. The number of aliphatic hydroxyl groups is 3. The van der Waals surface area contributed by atoms with E-state index in [2.05, 4.69) is 19.2 Å². The van der Waals surface area contributed by atoms with Gasteiger partial charge in [0.1, 0.15) is 23.9 Å². The second-order valence-corrected chi connectivity index (χ2v) is 14.6. The number of hydrogen-bond donors (Lipinski definition) is 5. The maximum atomic E-state index is 12.9. The summed E-state index contributed by atoms with van der Waals surface area (Å²) in [6, 6.07) is -0.0171. The van der Waals surface area contributed by atoms with Crippen molar-refractivity contribution in [1.82, 2.24) is 5.32 Å². The minimum atomic E-state index is -1.44. The van der Waals surface area contributed by atoms with Gasteiger partial charge in [-0.05, 0) is 64.5 Å². The molecule has 0 bridgehead atoms. The fraction of sp³-hybridized carbons (Fsp3) is 0.763. The summed E-state index contributed by atoms with van der Waals surface area (Å²) in [5, 5.41) is 44.1. The first-order valence-electron chi connectivity index (χ1n) is 18.1. The first-order chi connectivity index (χ1) is 23.5. The van der Waals surface area contributed by atoms with Crippen LogP contribution in [0.2, 0.25) is 0 Å². The number of carbonyl (C=O) groups is 3. The van der Waals surface area contributed by atoms with Gasteiger partial charge in [-0.15, -0.1) is 0 Å². The fourth-order valence-corrected chi connectivity index (χ4v) is 7.13. The molecule has 12 nitrogen and oxygen atoms in total. The smallest absolute Gasteiger partial charge is 0.309 e. The van der Waals surface area contributed by atoms with Crippen molar-refractivity contribution < 1.29 is 53.8 Å². The molecule has 3 unspecified atom stereocenters. The highest BCUT2D eigenvalue weighted by molar-refractivity contribution is 5.70. The molecule has 11 atom stereocenters. The van der Waals surface area contributed by atoms with Crippen LogP contribution in [0, 0.1) is 11.8 Å². The summed E-state index contributed by atoms with van der Waals surface area (Å²) >= 11 is 0. The second kappa shape index (κ2) is 20.4. The van der Waals surface area contributed by atoms with Crippen molar-refractivity contribution in [3.05, 3.63) is 36.0 Å². The van der Waals surface area contributed by atoms with E-state index in [0.717, 1.165) is 24.8 Å². The van der Waals surface area contributed by atoms with Gasteiger partial charge >= 0.3 is 11.9 Å². The minimum absolute atomic E-state index is 0.0200. The van der Waals surface area contributed by atoms with Gasteiger partial charge < -0.3 is 44.7 Å². The van der Waals surface area contributed by atoms with Gasteiger partial charge in [0.15, 0.2) is 0 Å². The molecule has 0 aromatic heterocycles. The molecular formula is C38H63NO11. The van der Waals surface area contributed by atoms with Gasteiger partial charge in [0.2, 0.25) is 0 Å². The van der Waals surface area contributed by atoms with Gasteiger partial charge in [-0.25, -0.2) is 0 Å². The number of carboxylic acid groups (broad SMARTS) is 1. The third-order valence-electron chi connectivity index (χ3n) is 10.2. The van der Waals surface area contributed by atoms with E-state index in [0.29, 0.717) is 6.04 Å². The van der Waals surface area contributed by atoms with E-state index >= 15 is 0 Å². The molecule has 5 N–H and O–H groups in total. The number of cyclic esters (lactones) is 1. The number of carbonyl (C=O) groups excluding carboxylic acids is 2. The Hall–Kier alpha value is -2.61. The lowest BCUT2D eigenvalue weighted by molar-refractivity contribution is -0.157. The molecule has 1 aliphatic carbocycles. The molecule has 2 fully saturated rings. The molecule has 0 aromatic carbocycles. The van der Waals surface area contributed by atoms with Crippen molar-refractivity contribution in [2.24, 2.45) is 11.8 Å². The molecule has 50 heavy (non-hydrogen) atoms. The summed E-state index contributed by atoms with van der Waals surface area (Å²) in [5.74, 6) is -1.26. The van der Waals surface area contributed by atoms with Crippen molar-refractivity contribution >= 4 is 18.4 Å². The number of rotatable bonds is 12. The Kier molecular flexibility index (Phi) is 17.8. The van der Waals surface area contributed by atoms with Crippen LogP contribution in [0.4, 0.5) is 0 Å². The number of hydrogen-bond acceptors (Lipinski definition) is 11. The summed E-state index contributed by atoms with van der Waals surface area (Å²) in [7, 11) is 1.73. The van der Waals surface area contributed by atoms with Crippen LogP contribution in [0.1, 0.15) is 106 Å². The van der Waals surface area contributed by atoms with Gasteiger partial charge in [-0.1, -0.05) is 64.3 Å². The van der Waals surface area contributed by atoms with Crippen LogP contribution in [0.25, 0.3) is 0 Å². The fourth-order valence-electron chi connectivity index (χ4n) is 7.13. The third-order valence-corrected chi connectivity index (χ3v) is 10.2. The summed E-state index contributed by atoms with van der Waals surface area (Å²) in [5.41, 5.74) is -1.96. The average molecular weight is 710 g/mol. The number of aliphatic hydroxyl groups excluding tert-OH is 1. The van der Waals surface area contributed by atoms with Crippen molar-refractivity contribution in [1.29, 1.82) is 0 Å². The van der Waals surface area contributed by atoms with Crippen molar-refractivity contribution in [3.8, 4) is 0 Å². The molecule has 12 heteroatoms. The Bertz CT molecular complexity index is 1160. The molecule has 0 radical (unpaired) electrons. The molecule has 3 rings (SSSR count). The van der Waals surface area contributed by atoms with Gasteiger partial charge in [0.25, 0.3) is 6.47 Å². The lowest BCUT2D eigenvalue weighted by Gasteiger charge is -2.35. The van der Waals surface area contributed by atoms with Crippen LogP contribution in [0.5, 0.6) is 0 Å². The van der Waals surface area contributed by atoms with E-state index in [1.807, 2.05) is 19.9 Å². The van der Waals surface area contributed by atoms with E-state index in [4.69, 9.17) is 28.8 Å². The average Bonchev–Trinajstić information content (AvgIpc) is 3.84. The molecule has 3 aliphatic rings. The normalized spacial score (nSPS) is 33.6. The lowest BCUT2D eigenvalue weighted by atomic mass is 9.85. The van der Waals surface area contributed by atoms with Gasteiger partial charge in [-0.2, -0.15) is 0 Å². The molecule has 286 valence electrons. The summed E-state index contributed by atoms with van der Waals surface area (Å²) < 4.78 is 23.2. The maximum absolute atomic E-state index is 12.9. The molecule has 2 aliphatic heterocycles. The SMILES string of the molecule is CC[C@H](OC)[C@@H](C)[C@H]1O[C@@H]1C(NC1CCCCC1)C(C)(O)/C=C/C=C(\C)C1OC(=O)C[C@H](O)CC[C@@](C)(O)[C@@H](OC(C)=O)/C=C/[C@@H]1C.O=CO. The highest BCUT2D eigenvalue weighted by Gasteiger charge is 2.54. The highest BCUT2D eigenvalue weighted by Crippen LogP contribution is 2.39. The monoisotopic (exact) mass is 709 g/mol.